The number of hydrogen-bond donors (Lipinski definition) is 0. The van der Waals surface area contributed by atoms with Crippen molar-refractivity contribution in [2.45, 2.75) is 25.5 Å². The molecule has 0 N–H and O–H groups in total. The number of carbonyl (C=O) groups is 1. The van der Waals surface area contributed by atoms with E-state index in [0.29, 0.717) is 28.4 Å². The molecule has 172 valence electrons. The topological polar surface area (TPSA) is 85.6 Å². The fraction of sp³-hybridized carbons (Fsp3) is 0.200. The summed E-state index contributed by atoms with van der Waals surface area (Å²) in [5.41, 5.74) is 3.30. The van der Waals surface area contributed by atoms with E-state index in [0.717, 1.165) is 22.6 Å². The van der Waals surface area contributed by atoms with Crippen molar-refractivity contribution in [1.82, 2.24) is 24.1 Å². The van der Waals surface area contributed by atoms with Gasteiger partial charge in [0.25, 0.3) is 5.56 Å². The Bertz CT molecular complexity index is 1570. The van der Waals surface area contributed by atoms with E-state index in [1.54, 1.807) is 34.9 Å². The minimum Gasteiger partial charge on any atom is -0.467 e. The van der Waals surface area contributed by atoms with Crippen LogP contribution in [0.4, 0.5) is 0 Å². The Hall–Kier alpha value is -3.85. The van der Waals surface area contributed by atoms with Crippen LogP contribution in [0.3, 0.4) is 0 Å². The lowest BCUT2D eigenvalue weighted by Gasteiger charge is -2.15. The van der Waals surface area contributed by atoms with Gasteiger partial charge in [-0.3, -0.25) is 14.0 Å². The SMILES string of the molecule is Cc1ccc(C)c(-n2c(=O)c3ccccc3n3c(SCC(=O)N(C)Cc4ccco4)nnc23)c1. The molecule has 5 rings (SSSR count). The van der Waals surface area contributed by atoms with Crippen LogP contribution in [0, 0.1) is 13.8 Å². The molecule has 0 unspecified atom stereocenters. The molecule has 3 heterocycles. The van der Waals surface area contributed by atoms with Gasteiger partial charge in [-0.2, -0.15) is 0 Å². The lowest BCUT2D eigenvalue weighted by atomic mass is 10.1. The first-order chi connectivity index (χ1) is 16.4. The summed E-state index contributed by atoms with van der Waals surface area (Å²) < 4.78 is 8.79. The molecule has 0 aliphatic rings. The third kappa shape index (κ3) is 3.88. The zero-order valence-corrected chi connectivity index (χ0v) is 19.9. The van der Waals surface area contributed by atoms with Crippen LogP contribution in [-0.2, 0) is 11.3 Å². The van der Waals surface area contributed by atoms with Gasteiger partial charge in [-0.05, 0) is 55.3 Å². The van der Waals surface area contributed by atoms with E-state index in [9.17, 15) is 9.59 Å². The highest BCUT2D eigenvalue weighted by Crippen LogP contribution is 2.25. The Morgan fingerprint density at radius 1 is 1.09 bits per heavy atom. The molecule has 0 aliphatic carbocycles. The molecular weight excluding hydrogens is 450 g/mol. The molecule has 0 saturated heterocycles. The molecule has 34 heavy (non-hydrogen) atoms. The van der Waals surface area contributed by atoms with Crippen LogP contribution >= 0.6 is 11.8 Å². The summed E-state index contributed by atoms with van der Waals surface area (Å²) in [6.07, 6.45) is 1.59. The normalized spacial score (nSPS) is 11.4. The van der Waals surface area contributed by atoms with Crippen LogP contribution < -0.4 is 5.56 Å². The number of hydrogen-bond acceptors (Lipinski definition) is 6. The number of thioether (sulfide) groups is 1. The second-order valence-corrected chi connectivity index (χ2v) is 9.13. The van der Waals surface area contributed by atoms with Gasteiger partial charge in [-0.25, -0.2) is 4.57 Å². The molecule has 0 saturated carbocycles. The van der Waals surface area contributed by atoms with Crippen molar-refractivity contribution in [2.24, 2.45) is 0 Å². The summed E-state index contributed by atoms with van der Waals surface area (Å²) in [5, 5.41) is 9.84. The maximum absolute atomic E-state index is 13.5. The monoisotopic (exact) mass is 473 g/mol. The first kappa shape index (κ1) is 22.0. The van der Waals surface area contributed by atoms with E-state index in [1.807, 2.05) is 60.7 Å². The van der Waals surface area contributed by atoms with E-state index in [-0.39, 0.29) is 17.2 Å². The summed E-state index contributed by atoms with van der Waals surface area (Å²) in [6, 6.07) is 17.0. The van der Waals surface area contributed by atoms with Crippen molar-refractivity contribution in [3.05, 3.63) is 88.1 Å². The van der Waals surface area contributed by atoms with Crippen molar-refractivity contribution in [1.29, 1.82) is 0 Å². The standard InChI is InChI=1S/C25H23N5O3S/c1-16-10-11-17(2)21(13-16)29-23(32)19-8-4-5-9-20(19)30-24(29)26-27-25(30)34-15-22(31)28(3)14-18-7-6-12-33-18/h4-13H,14-15H2,1-3H3. The van der Waals surface area contributed by atoms with Gasteiger partial charge in [-0.1, -0.05) is 36.0 Å². The molecule has 0 bridgehead atoms. The number of fused-ring (bicyclic) bond motifs is 3. The predicted molar refractivity (Wildman–Crippen MR) is 131 cm³/mol. The number of amides is 1. The third-order valence-electron chi connectivity index (χ3n) is 5.72. The van der Waals surface area contributed by atoms with Crippen LogP contribution in [0.25, 0.3) is 22.4 Å². The van der Waals surface area contributed by atoms with Crippen LogP contribution in [-0.4, -0.2) is 42.8 Å². The zero-order chi connectivity index (χ0) is 23.8. The van der Waals surface area contributed by atoms with Gasteiger partial charge in [0.2, 0.25) is 11.7 Å². The van der Waals surface area contributed by atoms with E-state index < -0.39 is 0 Å². The van der Waals surface area contributed by atoms with Gasteiger partial charge < -0.3 is 9.32 Å². The zero-order valence-electron chi connectivity index (χ0n) is 19.1. The molecule has 0 atom stereocenters. The van der Waals surface area contributed by atoms with Crippen molar-refractivity contribution in [3.63, 3.8) is 0 Å². The van der Waals surface area contributed by atoms with Gasteiger partial charge >= 0.3 is 0 Å². The Kier molecular flexibility index (Phi) is 5.70. The van der Waals surface area contributed by atoms with E-state index in [1.165, 1.54) is 11.8 Å². The number of aromatic nitrogens is 4. The van der Waals surface area contributed by atoms with Crippen LogP contribution in [0.1, 0.15) is 16.9 Å². The first-order valence-electron chi connectivity index (χ1n) is 10.8. The maximum atomic E-state index is 13.5. The van der Waals surface area contributed by atoms with Crippen molar-refractivity contribution >= 4 is 34.3 Å². The van der Waals surface area contributed by atoms with E-state index in [2.05, 4.69) is 10.2 Å². The van der Waals surface area contributed by atoms with Gasteiger partial charge in [0, 0.05) is 7.05 Å². The number of nitrogens with zero attached hydrogens (tertiary/aromatic N) is 5. The summed E-state index contributed by atoms with van der Waals surface area (Å²) in [6.45, 7) is 4.34. The molecule has 1 amide bonds. The highest BCUT2D eigenvalue weighted by atomic mass is 32.2. The summed E-state index contributed by atoms with van der Waals surface area (Å²) >= 11 is 1.29. The van der Waals surface area contributed by atoms with Crippen LogP contribution in [0.15, 0.2) is 75.2 Å². The molecule has 9 heteroatoms. The van der Waals surface area contributed by atoms with Crippen molar-refractivity contribution in [2.75, 3.05) is 12.8 Å². The molecule has 3 aromatic heterocycles. The number of furan rings is 1. The number of rotatable bonds is 6. The average Bonchev–Trinajstić information content (AvgIpc) is 3.50. The Morgan fingerprint density at radius 2 is 1.91 bits per heavy atom. The quantitative estimate of drug-likeness (QED) is 0.347. The Morgan fingerprint density at radius 3 is 2.71 bits per heavy atom. The number of para-hydroxylation sites is 1. The lowest BCUT2D eigenvalue weighted by Crippen LogP contribution is -2.27. The highest BCUT2D eigenvalue weighted by Gasteiger charge is 2.20. The fourth-order valence-corrected chi connectivity index (χ4v) is 4.79. The smallest absolute Gasteiger partial charge is 0.267 e. The second-order valence-electron chi connectivity index (χ2n) is 8.18. The fourth-order valence-electron chi connectivity index (χ4n) is 3.91. The van der Waals surface area contributed by atoms with Gasteiger partial charge in [-0.15, -0.1) is 10.2 Å². The minimum atomic E-state index is -0.157. The molecule has 8 nitrogen and oxygen atoms in total. The lowest BCUT2D eigenvalue weighted by molar-refractivity contribution is -0.127. The van der Waals surface area contributed by atoms with Crippen molar-refractivity contribution < 1.29 is 9.21 Å². The molecule has 0 spiro atoms. The minimum absolute atomic E-state index is 0.0645. The third-order valence-corrected chi connectivity index (χ3v) is 6.64. The molecular formula is C25H23N5O3S. The predicted octanol–water partition coefficient (Wildman–Crippen LogP) is 3.99. The van der Waals surface area contributed by atoms with Gasteiger partial charge in [0.1, 0.15) is 5.76 Å². The van der Waals surface area contributed by atoms with E-state index in [4.69, 9.17) is 4.42 Å². The summed E-state index contributed by atoms with van der Waals surface area (Å²) in [4.78, 5) is 27.9. The highest BCUT2D eigenvalue weighted by molar-refractivity contribution is 7.99. The average molecular weight is 474 g/mol. The first-order valence-corrected chi connectivity index (χ1v) is 11.8. The van der Waals surface area contributed by atoms with Crippen LogP contribution in [0.5, 0.6) is 0 Å². The summed E-state index contributed by atoms with van der Waals surface area (Å²) in [5.74, 6) is 1.24. The number of benzene rings is 2. The Balaban J connectivity index is 1.57. The second kappa shape index (κ2) is 8.83. The Labute approximate surface area is 199 Å². The van der Waals surface area contributed by atoms with Crippen molar-refractivity contribution in [3.8, 4) is 5.69 Å². The summed E-state index contributed by atoms with van der Waals surface area (Å²) in [7, 11) is 1.74. The largest absolute Gasteiger partial charge is 0.467 e. The van der Waals surface area contributed by atoms with E-state index >= 15 is 0 Å². The molecule has 0 fully saturated rings. The van der Waals surface area contributed by atoms with Gasteiger partial charge in [0.15, 0.2) is 5.16 Å². The van der Waals surface area contributed by atoms with Gasteiger partial charge in [0.05, 0.1) is 35.2 Å². The number of carbonyl (C=O) groups excluding carboxylic acids is 1. The molecule has 5 aromatic rings. The number of aryl methyl sites for hydroxylation is 2. The molecule has 2 aromatic carbocycles. The van der Waals surface area contributed by atoms with Crippen LogP contribution in [0.2, 0.25) is 0 Å². The molecule has 0 aliphatic heterocycles. The maximum Gasteiger partial charge on any atom is 0.267 e. The molecule has 0 radical (unpaired) electrons.